The molecule has 0 radical (unpaired) electrons. The van der Waals surface area contributed by atoms with Crippen LogP contribution in [0.1, 0.15) is 19.8 Å². The molecule has 2 heterocycles. The first kappa shape index (κ1) is 12.8. The van der Waals surface area contributed by atoms with E-state index >= 15 is 0 Å². The van der Waals surface area contributed by atoms with E-state index in [9.17, 15) is 9.90 Å². The van der Waals surface area contributed by atoms with Crippen LogP contribution in [0.3, 0.4) is 0 Å². The van der Waals surface area contributed by atoms with E-state index < -0.39 is 11.5 Å². The van der Waals surface area contributed by atoms with Gasteiger partial charge < -0.3 is 15.3 Å². The fourth-order valence-electron chi connectivity index (χ4n) is 3.04. The van der Waals surface area contributed by atoms with Gasteiger partial charge in [-0.1, -0.05) is 0 Å². The number of hydrogen-bond acceptors (Lipinski definition) is 4. The minimum absolute atomic E-state index is 0.342. The highest BCUT2D eigenvalue weighted by Gasteiger charge is 2.48. The molecule has 0 aliphatic carbocycles. The van der Waals surface area contributed by atoms with Crippen molar-refractivity contribution in [2.75, 3.05) is 39.8 Å². The Hall–Kier alpha value is -0.650. The van der Waals surface area contributed by atoms with E-state index in [2.05, 4.69) is 29.1 Å². The number of carboxylic acids is 1. The van der Waals surface area contributed by atoms with Crippen molar-refractivity contribution in [3.8, 4) is 0 Å². The van der Waals surface area contributed by atoms with Gasteiger partial charge in [0.1, 0.15) is 5.54 Å². The number of piperidine rings is 1. The Labute approximate surface area is 103 Å². The molecule has 17 heavy (non-hydrogen) atoms. The summed E-state index contributed by atoms with van der Waals surface area (Å²) in [5.41, 5.74) is -0.631. The number of hydrogen-bond donors (Lipinski definition) is 2. The van der Waals surface area contributed by atoms with Gasteiger partial charge in [-0.15, -0.1) is 0 Å². The lowest BCUT2D eigenvalue weighted by molar-refractivity contribution is -0.157. The average molecular weight is 241 g/mol. The summed E-state index contributed by atoms with van der Waals surface area (Å²) < 4.78 is 0. The van der Waals surface area contributed by atoms with Crippen molar-refractivity contribution >= 4 is 5.97 Å². The second kappa shape index (κ2) is 4.92. The molecular weight excluding hydrogens is 218 g/mol. The Bertz CT molecular complexity index is 291. The minimum atomic E-state index is -0.639. The van der Waals surface area contributed by atoms with Crippen molar-refractivity contribution in [2.45, 2.75) is 31.3 Å². The summed E-state index contributed by atoms with van der Waals surface area (Å²) >= 11 is 0. The van der Waals surface area contributed by atoms with E-state index in [0.717, 1.165) is 45.6 Å². The van der Waals surface area contributed by atoms with Crippen molar-refractivity contribution in [2.24, 2.45) is 0 Å². The molecule has 2 unspecified atom stereocenters. The van der Waals surface area contributed by atoms with Gasteiger partial charge in [0.25, 0.3) is 0 Å². The highest BCUT2D eigenvalue weighted by Crippen LogP contribution is 2.32. The molecule has 5 nitrogen and oxygen atoms in total. The van der Waals surface area contributed by atoms with Gasteiger partial charge in [-0.3, -0.25) is 9.69 Å². The standard InChI is InChI=1S/C12H23N3O2/c1-10-9-12(11(16)17,3-6-14(10)2)15-7-4-13-5-8-15/h10,13H,3-9H2,1-2H3,(H,16,17). The maximum atomic E-state index is 11.7. The van der Waals surface area contributed by atoms with E-state index in [-0.39, 0.29) is 0 Å². The highest BCUT2D eigenvalue weighted by atomic mass is 16.4. The summed E-state index contributed by atoms with van der Waals surface area (Å²) in [6.45, 7) is 6.50. The predicted octanol–water partition coefficient (Wildman–Crippen LogP) is -0.171. The summed E-state index contributed by atoms with van der Waals surface area (Å²) in [4.78, 5) is 16.2. The average Bonchev–Trinajstić information content (AvgIpc) is 2.33. The van der Waals surface area contributed by atoms with E-state index in [1.165, 1.54) is 0 Å². The van der Waals surface area contributed by atoms with Gasteiger partial charge in [0.05, 0.1) is 0 Å². The van der Waals surface area contributed by atoms with Crippen LogP contribution >= 0.6 is 0 Å². The molecule has 0 spiro atoms. The fourth-order valence-corrected chi connectivity index (χ4v) is 3.04. The first-order valence-electron chi connectivity index (χ1n) is 6.46. The van der Waals surface area contributed by atoms with E-state index in [4.69, 9.17) is 0 Å². The molecule has 2 rings (SSSR count). The number of piperazine rings is 1. The number of likely N-dealkylation sites (tertiary alicyclic amines) is 1. The lowest BCUT2D eigenvalue weighted by atomic mass is 9.81. The summed E-state index contributed by atoms with van der Waals surface area (Å²) in [5, 5.41) is 12.9. The van der Waals surface area contributed by atoms with Gasteiger partial charge >= 0.3 is 5.97 Å². The van der Waals surface area contributed by atoms with Gasteiger partial charge in [-0.25, -0.2) is 0 Å². The van der Waals surface area contributed by atoms with E-state index in [0.29, 0.717) is 6.04 Å². The van der Waals surface area contributed by atoms with E-state index in [1.54, 1.807) is 0 Å². The van der Waals surface area contributed by atoms with Crippen LogP contribution in [0.5, 0.6) is 0 Å². The number of rotatable bonds is 2. The molecule has 2 fully saturated rings. The maximum absolute atomic E-state index is 11.7. The second-order valence-corrected chi connectivity index (χ2v) is 5.36. The quantitative estimate of drug-likeness (QED) is 0.703. The van der Waals surface area contributed by atoms with Crippen molar-refractivity contribution < 1.29 is 9.90 Å². The third kappa shape index (κ3) is 2.32. The maximum Gasteiger partial charge on any atom is 0.324 e. The van der Waals surface area contributed by atoms with Crippen molar-refractivity contribution in [3.05, 3.63) is 0 Å². The largest absolute Gasteiger partial charge is 0.480 e. The van der Waals surface area contributed by atoms with Crippen LogP contribution in [0.2, 0.25) is 0 Å². The molecule has 2 saturated heterocycles. The summed E-state index contributed by atoms with van der Waals surface area (Å²) in [7, 11) is 2.08. The number of nitrogens with one attached hydrogen (secondary N) is 1. The van der Waals surface area contributed by atoms with Gasteiger partial charge in [-0.05, 0) is 26.8 Å². The number of carbonyl (C=O) groups is 1. The Balaban J connectivity index is 2.17. The van der Waals surface area contributed by atoms with E-state index in [1.807, 2.05) is 0 Å². The molecule has 0 aromatic carbocycles. The molecular formula is C12H23N3O2. The first-order valence-corrected chi connectivity index (χ1v) is 6.46. The molecule has 0 amide bonds. The molecule has 0 aromatic heterocycles. The normalized spacial score (nSPS) is 36.9. The summed E-state index contributed by atoms with van der Waals surface area (Å²) in [6, 6.07) is 0.342. The van der Waals surface area contributed by atoms with Crippen LogP contribution in [-0.2, 0) is 4.79 Å². The monoisotopic (exact) mass is 241 g/mol. The third-order valence-corrected chi connectivity index (χ3v) is 4.38. The molecule has 2 aliphatic heterocycles. The molecule has 2 atom stereocenters. The summed E-state index contributed by atoms with van der Waals surface area (Å²) in [5.74, 6) is -0.639. The van der Waals surface area contributed by atoms with Crippen LogP contribution in [0.25, 0.3) is 0 Å². The topological polar surface area (TPSA) is 55.8 Å². The van der Waals surface area contributed by atoms with Crippen LogP contribution in [0.4, 0.5) is 0 Å². The first-order chi connectivity index (χ1) is 8.06. The zero-order valence-electron chi connectivity index (χ0n) is 10.8. The third-order valence-electron chi connectivity index (χ3n) is 4.38. The Morgan fingerprint density at radius 3 is 2.53 bits per heavy atom. The molecule has 2 N–H and O–H groups in total. The number of aliphatic carboxylic acids is 1. The zero-order chi connectivity index (χ0) is 12.5. The smallest absolute Gasteiger partial charge is 0.324 e. The molecule has 0 aromatic rings. The Morgan fingerprint density at radius 1 is 1.35 bits per heavy atom. The number of nitrogens with zero attached hydrogens (tertiary/aromatic N) is 2. The molecule has 98 valence electrons. The van der Waals surface area contributed by atoms with Crippen LogP contribution in [-0.4, -0.2) is 72.2 Å². The summed E-state index contributed by atoms with van der Waals surface area (Å²) in [6.07, 6.45) is 1.47. The van der Waals surface area contributed by atoms with Crippen LogP contribution < -0.4 is 5.32 Å². The van der Waals surface area contributed by atoms with Gasteiger partial charge in [0, 0.05) is 38.8 Å². The van der Waals surface area contributed by atoms with Crippen molar-refractivity contribution in [3.63, 3.8) is 0 Å². The SMILES string of the molecule is CC1CC(C(=O)O)(N2CCNCC2)CCN1C. The highest BCUT2D eigenvalue weighted by molar-refractivity contribution is 5.79. The van der Waals surface area contributed by atoms with Crippen molar-refractivity contribution in [1.29, 1.82) is 0 Å². The lowest BCUT2D eigenvalue weighted by Gasteiger charge is -2.49. The Kier molecular flexibility index (Phi) is 3.70. The van der Waals surface area contributed by atoms with Gasteiger partial charge in [-0.2, -0.15) is 0 Å². The van der Waals surface area contributed by atoms with Gasteiger partial charge in [0.2, 0.25) is 0 Å². The fraction of sp³-hybridized carbons (Fsp3) is 0.917. The lowest BCUT2D eigenvalue weighted by Crippen LogP contribution is -2.65. The van der Waals surface area contributed by atoms with Crippen LogP contribution in [0, 0.1) is 0 Å². The zero-order valence-corrected chi connectivity index (χ0v) is 10.8. The molecule has 0 saturated carbocycles. The van der Waals surface area contributed by atoms with Gasteiger partial charge in [0.15, 0.2) is 0 Å². The number of carboxylic acid groups (broad SMARTS) is 1. The molecule has 5 heteroatoms. The molecule has 2 aliphatic rings. The van der Waals surface area contributed by atoms with Crippen molar-refractivity contribution in [1.82, 2.24) is 15.1 Å². The molecule has 0 bridgehead atoms. The Morgan fingerprint density at radius 2 is 2.00 bits per heavy atom. The minimum Gasteiger partial charge on any atom is -0.480 e. The second-order valence-electron chi connectivity index (χ2n) is 5.36. The predicted molar refractivity (Wildman–Crippen MR) is 66.1 cm³/mol. The van der Waals surface area contributed by atoms with Crippen LogP contribution in [0.15, 0.2) is 0 Å².